The first kappa shape index (κ1) is 17.0. The molecule has 124 valence electrons. The van der Waals surface area contributed by atoms with Crippen LogP contribution in [0.4, 0.5) is 10.5 Å². The van der Waals surface area contributed by atoms with Gasteiger partial charge < -0.3 is 19.7 Å². The number of carbonyl (C=O) groups is 1. The Kier molecular flexibility index (Phi) is 5.05. The maximum atomic E-state index is 12.3. The molecule has 0 bridgehead atoms. The summed E-state index contributed by atoms with van der Waals surface area (Å²) in [5, 5.41) is 12.7. The van der Waals surface area contributed by atoms with Gasteiger partial charge in [0, 0.05) is 17.8 Å². The molecule has 23 heavy (non-hydrogen) atoms. The third-order valence-electron chi connectivity index (χ3n) is 3.23. The first-order valence-corrected chi connectivity index (χ1v) is 7.59. The molecular weight excluding hydrogens is 294 g/mol. The van der Waals surface area contributed by atoms with Gasteiger partial charge in [0.15, 0.2) is 0 Å². The van der Waals surface area contributed by atoms with E-state index in [4.69, 9.17) is 4.42 Å². The van der Waals surface area contributed by atoms with Crippen LogP contribution >= 0.6 is 0 Å². The van der Waals surface area contributed by atoms with Gasteiger partial charge in [-0.25, -0.2) is 9.78 Å². The zero-order chi connectivity index (χ0) is 17.0. The normalized spacial score (nSPS) is 11.3. The van der Waals surface area contributed by atoms with E-state index in [9.17, 15) is 9.90 Å². The number of urea groups is 1. The van der Waals surface area contributed by atoms with Gasteiger partial charge in [-0.3, -0.25) is 0 Å². The number of nitrogens with zero attached hydrogens (tertiary/aromatic N) is 2. The molecule has 1 aromatic heterocycles. The minimum absolute atomic E-state index is 0.254. The molecule has 2 rings (SSSR count). The first-order chi connectivity index (χ1) is 10.8. The number of oxazole rings is 1. The Bertz CT molecular complexity index is 674. The van der Waals surface area contributed by atoms with E-state index in [1.165, 1.54) is 0 Å². The lowest BCUT2D eigenvalue weighted by atomic mass is 10.1. The van der Waals surface area contributed by atoms with E-state index in [2.05, 4.69) is 10.3 Å². The number of rotatable bonds is 5. The number of aryl methyl sites for hydroxylation is 1. The molecule has 0 spiro atoms. The van der Waals surface area contributed by atoms with Crippen LogP contribution in [0.5, 0.6) is 0 Å². The first-order valence-electron chi connectivity index (χ1n) is 7.59. The van der Waals surface area contributed by atoms with Gasteiger partial charge in [0.25, 0.3) is 0 Å². The molecule has 0 unspecified atom stereocenters. The topological polar surface area (TPSA) is 78.6 Å². The van der Waals surface area contributed by atoms with Crippen molar-refractivity contribution in [2.75, 3.05) is 18.4 Å². The monoisotopic (exact) mass is 317 g/mol. The molecule has 2 aromatic rings. The average molecular weight is 317 g/mol. The molecule has 2 N–H and O–H groups in total. The summed E-state index contributed by atoms with van der Waals surface area (Å²) in [6.07, 6.45) is 1.59. The van der Waals surface area contributed by atoms with E-state index in [1.54, 1.807) is 37.1 Å². The van der Waals surface area contributed by atoms with Crippen LogP contribution < -0.4 is 5.32 Å². The summed E-state index contributed by atoms with van der Waals surface area (Å²) >= 11 is 0. The second kappa shape index (κ2) is 6.83. The number of likely N-dealkylation sites (N-methyl/N-ethyl adjacent to an activating group) is 1. The van der Waals surface area contributed by atoms with Crippen LogP contribution in [-0.2, 0) is 0 Å². The summed E-state index contributed by atoms with van der Waals surface area (Å²) in [5.41, 5.74) is 1.31. The van der Waals surface area contributed by atoms with Gasteiger partial charge in [0.1, 0.15) is 6.26 Å². The number of aromatic nitrogens is 1. The average Bonchev–Trinajstić information content (AvgIpc) is 2.90. The second-order valence-electron chi connectivity index (χ2n) is 6.13. The number of carbonyl (C=O) groups excluding carboxylic acids is 1. The van der Waals surface area contributed by atoms with E-state index >= 15 is 0 Å². The minimum Gasteiger partial charge on any atom is -0.444 e. The maximum Gasteiger partial charge on any atom is 0.321 e. The van der Waals surface area contributed by atoms with Crippen molar-refractivity contribution in [3.63, 3.8) is 0 Å². The Morgan fingerprint density at radius 3 is 2.74 bits per heavy atom. The second-order valence-corrected chi connectivity index (χ2v) is 6.13. The predicted octanol–water partition coefficient (Wildman–Crippen LogP) is 3.27. The van der Waals surface area contributed by atoms with Crippen molar-refractivity contribution in [3.8, 4) is 11.5 Å². The van der Waals surface area contributed by atoms with Gasteiger partial charge in [0.2, 0.25) is 5.89 Å². The Morgan fingerprint density at radius 2 is 2.17 bits per heavy atom. The predicted molar refractivity (Wildman–Crippen MR) is 89.2 cm³/mol. The lowest BCUT2D eigenvalue weighted by molar-refractivity contribution is 0.0501. The van der Waals surface area contributed by atoms with Crippen molar-refractivity contribution >= 4 is 11.7 Å². The lowest BCUT2D eigenvalue weighted by Gasteiger charge is -2.28. The number of hydrogen-bond acceptors (Lipinski definition) is 4. The molecule has 2 amide bonds. The highest BCUT2D eigenvalue weighted by Gasteiger charge is 2.21. The summed E-state index contributed by atoms with van der Waals surface area (Å²) in [5.74, 6) is 0.516. The maximum absolute atomic E-state index is 12.3. The molecule has 0 atom stereocenters. The van der Waals surface area contributed by atoms with Gasteiger partial charge in [-0.15, -0.1) is 0 Å². The number of amides is 2. The fourth-order valence-electron chi connectivity index (χ4n) is 2.21. The van der Waals surface area contributed by atoms with E-state index in [0.717, 1.165) is 11.3 Å². The zero-order valence-corrected chi connectivity index (χ0v) is 14.0. The fraction of sp³-hybridized carbons (Fsp3) is 0.412. The fourth-order valence-corrected chi connectivity index (χ4v) is 2.21. The number of nitrogens with one attached hydrogen (secondary N) is 1. The summed E-state index contributed by atoms with van der Waals surface area (Å²) < 4.78 is 5.38. The van der Waals surface area contributed by atoms with E-state index in [0.29, 0.717) is 18.1 Å². The highest BCUT2D eigenvalue weighted by Crippen LogP contribution is 2.22. The molecule has 6 nitrogen and oxygen atoms in total. The van der Waals surface area contributed by atoms with Crippen LogP contribution in [0.2, 0.25) is 0 Å². The van der Waals surface area contributed by atoms with Crippen molar-refractivity contribution < 1.29 is 14.3 Å². The van der Waals surface area contributed by atoms with Crippen LogP contribution in [0.25, 0.3) is 11.5 Å². The minimum atomic E-state index is -0.940. The molecule has 1 heterocycles. The number of anilines is 1. The van der Waals surface area contributed by atoms with E-state index in [-0.39, 0.29) is 12.6 Å². The van der Waals surface area contributed by atoms with Gasteiger partial charge in [-0.05, 0) is 45.9 Å². The Hall–Kier alpha value is -2.34. The van der Waals surface area contributed by atoms with Crippen LogP contribution in [0.3, 0.4) is 0 Å². The van der Waals surface area contributed by atoms with E-state index in [1.807, 2.05) is 26.0 Å². The summed E-state index contributed by atoms with van der Waals surface area (Å²) in [7, 11) is 0. The van der Waals surface area contributed by atoms with Crippen LogP contribution in [0.1, 0.15) is 26.5 Å². The quantitative estimate of drug-likeness (QED) is 0.887. The van der Waals surface area contributed by atoms with Gasteiger partial charge in [-0.2, -0.15) is 0 Å². The van der Waals surface area contributed by atoms with Crippen LogP contribution in [-0.4, -0.2) is 39.7 Å². The Labute approximate surface area is 136 Å². The molecule has 0 saturated carbocycles. The smallest absolute Gasteiger partial charge is 0.321 e. The van der Waals surface area contributed by atoms with Crippen molar-refractivity contribution in [3.05, 3.63) is 36.2 Å². The van der Waals surface area contributed by atoms with Crippen LogP contribution in [0, 0.1) is 6.92 Å². The number of benzene rings is 1. The SMILES string of the molecule is CCN(CC(C)(C)O)C(=O)Nc1cccc(-c2nc(C)co2)c1. The van der Waals surface area contributed by atoms with Gasteiger partial charge in [-0.1, -0.05) is 6.07 Å². The molecule has 1 aromatic carbocycles. The Morgan fingerprint density at radius 1 is 1.43 bits per heavy atom. The van der Waals surface area contributed by atoms with Crippen molar-refractivity contribution in [1.29, 1.82) is 0 Å². The molecule has 6 heteroatoms. The number of hydrogen-bond donors (Lipinski definition) is 2. The Balaban J connectivity index is 2.12. The van der Waals surface area contributed by atoms with Crippen molar-refractivity contribution in [2.24, 2.45) is 0 Å². The molecule has 0 radical (unpaired) electrons. The van der Waals surface area contributed by atoms with Gasteiger partial charge in [0.05, 0.1) is 17.8 Å². The third-order valence-corrected chi connectivity index (χ3v) is 3.23. The summed E-state index contributed by atoms with van der Waals surface area (Å²) in [4.78, 5) is 18.2. The van der Waals surface area contributed by atoms with Gasteiger partial charge >= 0.3 is 6.03 Å². The summed E-state index contributed by atoms with van der Waals surface area (Å²) in [6, 6.07) is 7.05. The highest BCUT2D eigenvalue weighted by molar-refractivity contribution is 5.90. The third kappa shape index (κ3) is 4.82. The molecule has 0 aliphatic heterocycles. The van der Waals surface area contributed by atoms with E-state index < -0.39 is 5.60 Å². The molecule has 0 aliphatic rings. The van der Waals surface area contributed by atoms with Crippen molar-refractivity contribution in [2.45, 2.75) is 33.3 Å². The molecule has 0 aliphatic carbocycles. The lowest BCUT2D eigenvalue weighted by Crippen LogP contribution is -2.44. The summed E-state index contributed by atoms with van der Waals surface area (Å²) in [6.45, 7) is 7.84. The van der Waals surface area contributed by atoms with Crippen molar-refractivity contribution in [1.82, 2.24) is 9.88 Å². The van der Waals surface area contributed by atoms with Crippen LogP contribution in [0.15, 0.2) is 34.9 Å². The number of aliphatic hydroxyl groups is 1. The zero-order valence-electron chi connectivity index (χ0n) is 14.0. The molecule has 0 fully saturated rings. The molecular formula is C17H23N3O3. The largest absolute Gasteiger partial charge is 0.444 e. The standard InChI is InChI=1S/C17H23N3O3/c1-5-20(11-17(3,4)22)16(21)19-14-8-6-7-13(9-14)15-18-12(2)10-23-15/h6-10,22H,5,11H2,1-4H3,(H,19,21). The molecule has 0 saturated heterocycles. The highest BCUT2D eigenvalue weighted by atomic mass is 16.3.